The Morgan fingerprint density at radius 3 is 2.30 bits per heavy atom. The number of hydrogen-bond donors (Lipinski definition) is 1. The van der Waals surface area contributed by atoms with E-state index < -0.39 is 0 Å². The number of nitrogens with one attached hydrogen (secondary N) is 1. The third kappa shape index (κ3) is 2.14. The molecule has 4 aliphatic carbocycles. The van der Waals surface area contributed by atoms with Crippen LogP contribution in [0.25, 0.3) is 0 Å². The van der Waals surface area contributed by atoms with Gasteiger partial charge in [-0.3, -0.25) is 0 Å². The van der Waals surface area contributed by atoms with Crippen LogP contribution in [0.15, 0.2) is 22.7 Å². The highest BCUT2D eigenvalue weighted by molar-refractivity contribution is 9.10. The number of hydrogen-bond acceptors (Lipinski definition) is 2. The number of ether oxygens (including phenoxy) is 1. The van der Waals surface area contributed by atoms with Gasteiger partial charge in [0.15, 0.2) is 0 Å². The number of anilines is 1. The Hall–Kier alpha value is -0.700. The lowest BCUT2D eigenvalue weighted by Crippen LogP contribution is -2.51. The van der Waals surface area contributed by atoms with E-state index in [1.54, 1.807) is 7.11 Å². The summed E-state index contributed by atoms with van der Waals surface area (Å²) < 4.78 is 6.43. The first-order valence-corrected chi connectivity index (χ1v) is 8.62. The Bertz CT molecular complexity index is 488. The highest BCUT2D eigenvalue weighted by Crippen LogP contribution is 2.54. The Balaban J connectivity index is 1.54. The van der Waals surface area contributed by atoms with Crippen LogP contribution in [0.4, 0.5) is 5.69 Å². The first kappa shape index (κ1) is 13.0. The average molecular weight is 336 g/mol. The second kappa shape index (κ2) is 4.94. The van der Waals surface area contributed by atoms with Gasteiger partial charge in [0.1, 0.15) is 5.75 Å². The summed E-state index contributed by atoms with van der Waals surface area (Å²) in [6, 6.07) is 7.05. The molecule has 1 aromatic carbocycles. The van der Waals surface area contributed by atoms with Crippen molar-refractivity contribution in [2.75, 3.05) is 12.4 Å². The molecule has 0 spiro atoms. The maximum atomic E-state index is 5.41. The van der Waals surface area contributed by atoms with E-state index in [-0.39, 0.29) is 0 Å². The second-order valence-corrected chi connectivity index (χ2v) is 7.80. The fourth-order valence-corrected chi connectivity index (χ4v) is 5.51. The predicted octanol–water partition coefficient (Wildman–Crippen LogP) is 4.69. The summed E-state index contributed by atoms with van der Waals surface area (Å²) in [6.07, 6.45) is 7.35. The quantitative estimate of drug-likeness (QED) is 0.864. The summed E-state index contributed by atoms with van der Waals surface area (Å²) in [5.41, 5.74) is 1.21. The SMILES string of the molecule is COc1cc(NC2C3CC4CC(C3)CC2C4)ccc1Br. The number of methoxy groups -OCH3 is 1. The molecule has 0 saturated heterocycles. The molecule has 5 rings (SSSR count). The largest absolute Gasteiger partial charge is 0.495 e. The first-order valence-electron chi connectivity index (χ1n) is 7.83. The molecule has 0 atom stereocenters. The van der Waals surface area contributed by atoms with Crippen LogP contribution in [0.5, 0.6) is 5.75 Å². The molecule has 0 heterocycles. The molecule has 0 aliphatic heterocycles. The molecule has 4 saturated carbocycles. The van der Waals surface area contributed by atoms with Crippen LogP contribution in [0, 0.1) is 23.7 Å². The maximum Gasteiger partial charge on any atom is 0.135 e. The molecule has 4 fully saturated rings. The van der Waals surface area contributed by atoms with Crippen LogP contribution >= 0.6 is 15.9 Å². The second-order valence-electron chi connectivity index (χ2n) is 6.95. The highest BCUT2D eigenvalue weighted by Gasteiger charge is 2.48. The molecular weight excluding hydrogens is 314 g/mol. The smallest absolute Gasteiger partial charge is 0.135 e. The Morgan fingerprint density at radius 2 is 1.70 bits per heavy atom. The Labute approximate surface area is 129 Å². The van der Waals surface area contributed by atoms with Crippen LogP contribution in [0.2, 0.25) is 0 Å². The lowest BCUT2D eigenvalue weighted by Gasteiger charge is -2.54. The van der Waals surface area contributed by atoms with E-state index >= 15 is 0 Å². The van der Waals surface area contributed by atoms with Gasteiger partial charge < -0.3 is 10.1 Å². The molecule has 0 radical (unpaired) electrons. The normalized spacial score (nSPS) is 38.0. The molecule has 20 heavy (non-hydrogen) atoms. The van der Waals surface area contributed by atoms with Crippen molar-refractivity contribution in [3.8, 4) is 5.75 Å². The van der Waals surface area contributed by atoms with E-state index in [1.807, 2.05) is 0 Å². The van der Waals surface area contributed by atoms with Crippen molar-refractivity contribution < 1.29 is 4.74 Å². The lowest BCUT2D eigenvalue weighted by molar-refractivity contribution is 0.00753. The molecule has 0 unspecified atom stereocenters. The number of rotatable bonds is 3. The molecule has 3 heteroatoms. The van der Waals surface area contributed by atoms with Gasteiger partial charge in [0.05, 0.1) is 11.6 Å². The van der Waals surface area contributed by atoms with Gasteiger partial charge in [0, 0.05) is 17.8 Å². The zero-order chi connectivity index (χ0) is 13.7. The van der Waals surface area contributed by atoms with Gasteiger partial charge >= 0.3 is 0 Å². The van der Waals surface area contributed by atoms with E-state index in [2.05, 4.69) is 39.4 Å². The number of benzene rings is 1. The summed E-state index contributed by atoms with van der Waals surface area (Å²) in [5.74, 6) is 4.80. The van der Waals surface area contributed by atoms with Crippen molar-refractivity contribution in [1.29, 1.82) is 0 Å². The van der Waals surface area contributed by atoms with E-state index in [1.165, 1.54) is 37.8 Å². The third-order valence-electron chi connectivity index (χ3n) is 5.71. The fourth-order valence-electron chi connectivity index (χ4n) is 5.10. The molecule has 1 aromatic rings. The minimum Gasteiger partial charge on any atom is -0.495 e. The van der Waals surface area contributed by atoms with Crippen LogP contribution in [0.1, 0.15) is 32.1 Å². The van der Waals surface area contributed by atoms with Crippen molar-refractivity contribution in [1.82, 2.24) is 0 Å². The van der Waals surface area contributed by atoms with Gasteiger partial charge in [0.25, 0.3) is 0 Å². The fraction of sp³-hybridized carbons (Fsp3) is 0.647. The van der Waals surface area contributed by atoms with E-state index in [0.29, 0.717) is 6.04 Å². The monoisotopic (exact) mass is 335 g/mol. The van der Waals surface area contributed by atoms with E-state index in [0.717, 1.165) is 33.9 Å². The first-order chi connectivity index (χ1) is 9.72. The zero-order valence-corrected chi connectivity index (χ0v) is 13.5. The van der Waals surface area contributed by atoms with Crippen LogP contribution in [0.3, 0.4) is 0 Å². The molecule has 0 amide bonds. The third-order valence-corrected chi connectivity index (χ3v) is 6.37. The molecule has 4 aliphatic rings. The van der Waals surface area contributed by atoms with Crippen LogP contribution < -0.4 is 10.1 Å². The minimum absolute atomic E-state index is 0.689. The summed E-state index contributed by atoms with van der Waals surface area (Å²) in [6.45, 7) is 0. The lowest BCUT2D eigenvalue weighted by atomic mass is 9.54. The van der Waals surface area contributed by atoms with Crippen molar-refractivity contribution in [3.05, 3.63) is 22.7 Å². The molecular formula is C17H22BrNO. The Kier molecular flexibility index (Phi) is 3.21. The molecule has 4 bridgehead atoms. The van der Waals surface area contributed by atoms with Gasteiger partial charge in [-0.2, -0.15) is 0 Å². The summed E-state index contributed by atoms with van der Waals surface area (Å²) in [4.78, 5) is 0. The van der Waals surface area contributed by atoms with Gasteiger partial charge in [-0.05, 0) is 83.8 Å². The zero-order valence-electron chi connectivity index (χ0n) is 11.9. The number of halogens is 1. The molecule has 1 N–H and O–H groups in total. The van der Waals surface area contributed by atoms with E-state index in [4.69, 9.17) is 4.74 Å². The summed E-state index contributed by atoms with van der Waals surface area (Å²) in [5, 5.41) is 3.83. The highest BCUT2D eigenvalue weighted by atomic mass is 79.9. The van der Waals surface area contributed by atoms with Crippen molar-refractivity contribution in [2.45, 2.75) is 38.1 Å². The Morgan fingerprint density at radius 1 is 1.05 bits per heavy atom. The molecule has 0 aromatic heterocycles. The summed E-state index contributed by atoms with van der Waals surface area (Å²) >= 11 is 3.53. The van der Waals surface area contributed by atoms with Crippen LogP contribution in [-0.2, 0) is 0 Å². The predicted molar refractivity (Wildman–Crippen MR) is 85.1 cm³/mol. The molecule has 2 nitrogen and oxygen atoms in total. The van der Waals surface area contributed by atoms with Gasteiger partial charge in [-0.1, -0.05) is 0 Å². The standard InChI is InChI=1S/C17H22BrNO/c1-20-16-9-14(2-3-15(16)18)19-17-12-5-10-4-11(7-12)8-13(17)6-10/h2-3,9-13,17,19H,4-8H2,1H3. The van der Waals surface area contributed by atoms with Crippen LogP contribution in [-0.4, -0.2) is 13.2 Å². The summed E-state index contributed by atoms with van der Waals surface area (Å²) in [7, 11) is 1.73. The van der Waals surface area contributed by atoms with Gasteiger partial charge in [-0.15, -0.1) is 0 Å². The topological polar surface area (TPSA) is 21.3 Å². The van der Waals surface area contributed by atoms with Crippen molar-refractivity contribution >= 4 is 21.6 Å². The van der Waals surface area contributed by atoms with Crippen molar-refractivity contribution in [3.63, 3.8) is 0 Å². The minimum atomic E-state index is 0.689. The van der Waals surface area contributed by atoms with E-state index in [9.17, 15) is 0 Å². The molecule has 108 valence electrons. The van der Waals surface area contributed by atoms with Gasteiger partial charge in [-0.25, -0.2) is 0 Å². The average Bonchev–Trinajstić information content (AvgIpc) is 2.44. The van der Waals surface area contributed by atoms with Crippen molar-refractivity contribution in [2.24, 2.45) is 23.7 Å². The van der Waals surface area contributed by atoms with Gasteiger partial charge in [0.2, 0.25) is 0 Å². The maximum absolute atomic E-state index is 5.41.